The van der Waals surface area contributed by atoms with Crippen LogP contribution in [0.3, 0.4) is 0 Å². The number of nitrogens with one attached hydrogen (secondary N) is 1. The molecule has 2 aromatic rings. The average molecular weight is 393 g/mol. The number of hydrogen-bond acceptors (Lipinski definition) is 4. The quantitative estimate of drug-likeness (QED) is 0.520. The van der Waals surface area contributed by atoms with Gasteiger partial charge in [-0.1, -0.05) is 40.2 Å². The van der Waals surface area contributed by atoms with Gasteiger partial charge in [-0.15, -0.1) is 0 Å². The van der Waals surface area contributed by atoms with E-state index in [0.29, 0.717) is 5.69 Å². The van der Waals surface area contributed by atoms with Crippen molar-refractivity contribution in [3.63, 3.8) is 0 Å². The molecule has 0 saturated carbocycles. The second-order valence-corrected chi connectivity index (χ2v) is 6.05. The Balaban J connectivity index is 2.26. The Hall–Kier alpha value is -2.38. The molecule has 0 saturated heterocycles. The molecule has 0 unspecified atom stereocenters. The van der Waals surface area contributed by atoms with Gasteiger partial charge in [0.05, 0.1) is 12.2 Å². The van der Waals surface area contributed by atoms with Gasteiger partial charge in [0.2, 0.25) is 11.8 Å². The zero-order chi connectivity index (χ0) is 17.5. The minimum absolute atomic E-state index is 0.0209. The highest BCUT2D eigenvalue weighted by Gasteiger charge is 2.20. The number of para-hydroxylation sites is 2. The van der Waals surface area contributed by atoms with Gasteiger partial charge < -0.3 is 10.0 Å². The number of hydrogen-bond donors (Lipinski definition) is 3. The normalized spacial score (nSPS) is 10.2. The molecule has 0 radical (unpaired) electrons. The van der Waals surface area contributed by atoms with E-state index < -0.39 is 5.91 Å². The van der Waals surface area contributed by atoms with Crippen molar-refractivity contribution in [2.45, 2.75) is 19.4 Å². The lowest BCUT2D eigenvalue weighted by atomic mass is 10.1. The van der Waals surface area contributed by atoms with Crippen LogP contribution in [0.2, 0.25) is 0 Å². The smallest absolute Gasteiger partial charge is 0.243 e. The number of phenolic OH excluding ortho intramolecular Hbond substituents is 1. The van der Waals surface area contributed by atoms with E-state index in [1.54, 1.807) is 18.2 Å². The molecule has 24 heavy (non-hydrogen) atoms. The number of carbonyl (C=O) groups excluding carboxylic acids is 2. The van der Waals surface area contributed by atoms with E-state index in [4.69, 9.17) is 5.21 Å². The molecule has 2 aromatic carbocycles. The molecule has 2 rings (SSSR count). The van der Waals surface area contributed by atoms with Gasteiger partial charge in [0.15, 0.2) is 0 Å². The average Bonchev–Trinajstić information content (AvgIpc) is 2.58. The van der Waals surface area contributed by atoms with Gasteiger partial charge in [-0.3, -0.25) is 14.8 Å². The minimum atomic E-state index is -0.636. The first kappa shape index (κ1) is 18.0. The van der Waals surface area contributed by atoms with E-state index in [1.165, 1.54) is 16.4 Å². The zero-order valence-electron chi connectivity index (χ0n) is 12.8. The van der Waals surface area contributed by atoms with Crippen LogP contribution < -0.4 is 10.4 Å². The lowest BCUT2D eigenvalue weighted by molar-refractivity contribution is -0.131. The SMILES string of the molecule is O=C(CCC(=O)N(Cc1cccc(Br)c1)c1ccccc1O)NO. The fourth-order valence-corrected chi connectivity index (χ4v) is 2.68. The molecule has 2 amide bonds. The first-order valence-electron chi connectivity index (χ1n) is 7.27. The van der Waals surface area contributed by atoms with E-state index in [0.717, 1.165) is 10.0 Å². The third-order valence-electron chi connectivity index (χ3n) is 3.39. The predicted molar refractivity (Wildman–Crippen MR) is 92.6 cm³/mol. The van der Waals surface area contributed by atoms with Crippen molar-refractivity contribution >= 4 is 33.4 Å². The van der Waals surface area contributed by atoms with Crippen molar-refractivity contribution in [1.29, 1.82) is 0 Å². The number of phenols is 1. The summed E-state index contributed by atoms with van der Waals surface area (Å²) in [5.41, 5.74) is 2.74. The summed E-state index contributed by atoms with van der Waals surface area (Å²) in [6.07, 6.45) is -0.230. The summed E-state index contributed by atoms with van der Waals surface area (Å²) < 4.78 is 0.879. The maximum absolute atomic E-state index is 12.5. The van der Waals surface area contributed by atoms with Crippen LogP contribution in [-0.2, 0) is 16.1 Å². The Kier molecular flexibility index (Phi) is 6.34. The number of aromatic hydroxyl groups is 1. The van der Waals surface area contributed by atoms with Crippen molar-refractivity contribution in [2.24, 2.45) is 0 Å². The number of hydroxylamine groups is 1. The number of carbonyl (C=O) groups is 2. The second kappa shape index (κ2) is 8.47. The molecule has 0 aliphatic rings. The Bertz CT molecular complexity index is 736. The molecule has 3 N–H and O–H groups in total. The highest BCUT2D eigenvalue weighted by atomic mass is 79.9. The Morgan fingerprint density at radius 2 is 1.83 bits per heavy atom. The van der Waals surface area contributed by atoms with E-state index >= 15 is 0 Å². The van der Waals surface area contributed by atoms with Gasteiger partial charge in [-0.2, -0.15) is 0 Å². The fourth-order valence-electron chi connectivity index (χ4n) is 2.23. The number of amides is 2. The Morgan fingerprint density at radius 3 is 2.50 bits per heavy atom. The van der Waals surface area contributed by atoms with Crippen LogP contribution in [0.15, 0.2) is 53.0 Å². The molecule has 126 valence electrons. The predicted octanol–water partition coefficient (Wildman–Crippen LogP) is 2.97. The molecule has 0 aliphatic heterocycles. The van der Waals surface area contributed by atoms with Crippen molar-refractivity contribution < 1.29 is 19.9 Å². The molecule has 6 nitrogen and oxygen atoms in total. The summed E-state index contributed by atoms with van der Waals surface area (Å²) in [5, 5.41) is 18.6. The standard InChI is InChI=1S/C17H17BrN2O4/c18-13-5-3-4-12(10-13)11-20(14-6-1-2-7-15(14)21)17(23)9-8-16(22)19-24/h1-7,10,21,24H,8-9,11H2,(H,19,22). The summed E-state index contributed by atoms with van der Waals surface area (Å²) in [4.78, 5) is 25.1. The first-order chi connectivity index (χ1) is 11.5. The summed E-state index contributed by atoms with van der Waals surface area (Å²) in [7, 11) is 0. The molecule has 0 aliphatic carbocycles. The third kappa shape index (κ3) is 4.81. The molecule has 0 aromatic heterocycles. The van der Waals surface area contributed by atoms with E-state index in [-0.39, 0.29) is 31.0 Å². The number of nitrogens with zero attached hydrogens (tertiary/aromatic N) is 1. The van der Waals surface area contributed by atoms with Gasteiger partial charge in [0.25, 0.3) is 0 Å². The van der Waals surface area contributed by atoms with Crippen LogP contribution in [0, 0.1) is 0 Å². The van der Waals surface area contributed by atoms with Crippen molar-refractivity contribution in [2.75, 3.05) is 4.90 Å². The molecule has 0 heterocycles. The maximum atomic E-state index is 12.5. The molecular formula is C17H17BrN2O4. The van der Waals surface area contributed by atoms with E-state index in [9.17, 15) is 14.7 Å². The van der Waals surface area contributed by atoms with Crippen LogP contribution in [0.1, 0.15) is 18.4 Å². The number of anilines is 1. The van der Waals surface area contributed by atoms with Gasteiger partial charge in [0.1, 0.15) is 5.75 Å². The Morgan fingerprint density at radius 1 is 1.08 bits per heavy atom. The minimum Gasteiger partial charge on any atom is -0.506 e. The topological polar surface area (TPSA) is 89.9 Å². The number of rotatable bonds is 6. The number of halogens is 1. The molecule has 0 fully saturated rings. The fraction of sp³-hybridized carbons (Fsp3) is 0.176. The van der Waals surface area contributed by atoms with Gasteiger partial charge >= 0.3 is 0 Å². The van der Waals surface area contributed by atoms with Gasteiger partial charge in [0, 0.05) is 17.3 Å². The monoisotopic (exact) mass is 392 g/mol. The lowest BCUT2D eigenvalue weighted by Crippen LogP contribution is -2.31. The van der Waals surface area contributed by atoms with Crippen LogP contribution in [-0.4, -0.2) is 22.1 Å². The summed E-state index contributed by atoms with van der Waals surface area (Å²) in [5.74, 6) is -0.990. The lowest BCUT2D eigenvalue weighted by Gasteiger charge is -2.24. The summed E-state index contributed by atoms with van der Waals surface area (Å²) in [6.45, 7) is 0.247. The highest BCUT2D eigenvalue weighted by molar-refractivity contribution is 9.10. The van der Waals surface area contributed by atoms with Crippen molar-refractivity contribution in [3.05, 3.63) is 58.6 Å². The number of benzene rings is 2. The summed E-state index contributed by atoms with van der Waals surface area (Å²) >= 11 is 3.39. The Labute approximate surface area is 147 Å². The van der Waals surface area contributed by atoms with Crippen molar-refractivity contribution in [3.8, 4) is 5.75 Å². The third-order valence-corrected chi connectivity index (χ3v) is 3.89. The second-order valence-electron chi connectivity index (χ2n) is 5.13. The van der Waals surface area contributed by atoms with Crippen molar-refractivity contribution in [1.82, 2.24) is 5.48 Å². The zero-order valence-corrected chi connectivity index (χ0v) is 14.4. The van der Waals surface area contributed by atoms with Gasteiger partial charge in [-0.25, -0.2) is 5.48 Å². The van der Waals surface area contributed by atoms with Crippen LogP contribution in [0.4, 0.5) is 5.69 Å². The summed E-state index contributed by atoms with van der Waals surface area (Å²) in [6, 6.07) is 14.0. The molecular weight excluding hydrogens is 376 g/mol. The van der Waals surface area contributed by atoms with E-state index in [1.807, 2.05) is 24.3 Å². The van der Waals surface area contributed by atoms with Crippen LogP contribution in [0.5, 0.6) is 5.75 Å². The maximum Gasteiger partial charge on any atom is 0.243 e. The largest absolute Gasteiger partial charge is 0.506 e. The molecule has 0 spiro atoms. The van der Waals surface area contributed by atoms with Crippen LogP contribution >= 0.6 is 15.9 Å². The first-order valence-corrected chi connectivity index (χ1v) is 8.06. The van der Waals surface area contributed by atoms with Gasteiger partial charge in [-0.05, 0) is 29.8 Å². The molecule has 0 bridgehead atoms. The highest BCUT2D eigenvalue weighted by Crippen LogP contribution is 2.29. The molecule has 7 heteroatoms. The van der Waals surface area contributed by atoms with E-state index in [2.05, 4.69) is 15.9 Å². The molecule has 0 atom stereocenters. The van der Waals surface area contributed by atoms with Crippen LogP contribution in [0.25, 0.3) is 0 Å².